The Balaban J connectivity index is 1.52. The van der Waals surface area contributed by atoms with Crippen molar-refractivity contribution in [3.63, 3.8) is 0 Å². The third kappa shape index (κ3) is 6.63. The largest absolute Gasteiger partial charge is 0.477 e. The number of alkyl carbamates (subject to hydrolysis) is 1. The number of rotatable bonds is 9. The summed E-state index contributed by atoms with van der Waals surface area (Å²) in [5.74, 6) is -2.86. The molecule has 2 saturated carbocycles. The standard InChI is InChI=1S/C36H50ClFN4O6/c1-5-36(33(39)46)25(21-11-7-6-8-12-21)19-28(41-27-14-10-9-13-24(27)29(37)30(41)32(44)45)42(36)31(43)23-17-15-22(16-18-23)26(20-38)40-34(47)48-35(2,3)4/h9-10,13-14,21-23,25-26,28H,5-8,11-12,15-20H2,1-4H3,(H2,39,46)(H,40,47)(H,44,45)/t22?,23?,25-,26?,28?,36-/m0/s1. The predicted molar refractivity (Wildman–Crippen MR) is 181 cm³/mol. The van der Waals surface area contributed by atoms with E-state index in [2.05, 4.69) is 5.32 Å². The zero-order valence-corrected chi connectivity index (χ0v) is 29.2. The van der Waals surface area contributed by atoms with Crippen molar-refractivity contribution in [1.29, 1.82) is 0 Å². The van der Waals surface area contributed by atoms with Crippen LogP contribution in [0.3, 0.4) is 0 Å². The number of nitrogens with zero attached hydrogens (tertiary/aromatic N) is 2. The van der Waals surface area contributed by atoms with Gasteiger partial charge in [0.25, 0.3) is 0 Å². The summed E-state index contributed by atoms with van der Waals surface area (Å²) in [6, 6.07) is 6.39. The second kappa shape index (κ2) is 14.3. The minimum atomic E-state index is -1.33. The predicted octanol–water partition coefficient (Wildman–Crippen LogP) is 7.22. The van der Waals surface area contributed by atoms with Crippen molar-refractivity contribution < 1.29 is 33.4 Å². The molecule has 1 aromatic carbocycles. The maximum absolute atomic E-state index is 15.0. The highest BCUT2D eigenvalue weighted by molar-refractivity contribution is 6.38. The molecule has 12 heteroatoms. The highest BCUT2D eigenvalue weighted by Gasteiger charge is 2.61. The molecule has 10 nitrogen and oxygen atoms in total. The number of fused-ring (bicyclic) bond motifs is 1. The van der Waals surface area contributed by atoms with Crippen LogP contribution in [-0.2, 0) is 14.3 Å². The van der Waals surface area contributed by atoms with Crippen molar-refractivity contribution >= 4 is 46.4 Å². The van der Waals surface area contributed by atoms with E-state index in [1.54, 1.807) is 54.5 Å². The molecule has 2 heterocycles. The first kappa shape index (κ1) is 36.0. The third-order valence-electron chi connectivity index (χ3n) is 11.1. The van der Waals surface area contributed by atoms with Gasteiger partial charge in [0.05, 0.1) is 16.6 Å². The Morgan fingerprint density at radius 3 is 2.29 bits per heavy atom. The molecule has 264 valence electrons. The van der Waals surface area contributed by atoms with Gasteiger partial charge < -0.3 is 30.4 Å². The van der Waals surface area contributed by atoms with Crippen LogP contribution in [0.25, 0.3) is 10.9 Å². The molecule has 4 atom stereocenters. The molecule has 3 aliphatic rings. The summed E-state index contributed by atoms with van der Waals surface area (Å²) < 4.78 is 21.2. The van der Waals surface area contributed by atoms with E-state index in [9.17, 15) is 28.7 Å². The molecule has 1 aromatic heterocycles. The van der Waals surface area contributed by atoms with Crippen LogP contribution < -0.4 is 11.1 Å². The second-order valence-electron chi connectivity index (χ2n) is 14.9. The molecule has 0 spiro atoms. The number of primary amides is 1. The molecule has 4 N–H and O–H groups in total. The number of nitrogens with two attached hydrogens (primary N) is 1. The van der Waals surface area contributed by atoms with Crippen LogP contribution in [0.1, 0.15) is 115 Å². The highest BCUT2D eigenvalue weighted by atomic mass is 35.5. The van der Waals surface area contributed by atoms with E-state index >= 15 is 0 Å². The van der Waals surface area contributed by atoms with Gasteiger partial charge in [-0.05, 0) is 83.1 Å². The van der Waals surface area contributed by atoms with Gasteiger partial charge in [-0.2, -0.15) is 0 Å². The molecule has 2 aromatic rings. The number of hydrogen-bond donors (Lipinski definition) is 3. The summed E-state index contributed by atoms with van der Waals surface area (Å²) in [4.78, 5) is 55.7. The van der Waals surface area contributed by atoms with Crippen LogP contribution in [0.2, 0.25) is 5.02 Å². The van der Waals surface area contributed by atoms with Crippen molar-refractivity contribution in [2.45, 2.75) is 122 Å². The Morgan fingerprint density at radius 1 is 1.08 bits per heavy atom. The Morgan fingerprint density at radius 2 is 1.73 bits per heavy atom. The lowest BCUT2D eigenvalue weighted by Crippen LogP contribution is -2.62. The lowest BCUT2D eigenvalue weighted by atomic mass is 9.68. The van der Waals surface area contributed by atoms with Crippen molar-refractivity contribution in [3.8, 4) is 0 Å². The fourth-order valence-electron chi connectivity index (χ4n) is 9.00. The topological polar surface area (TPSA) is 144 Å². The average molecular weight is 689 g/mol. The molecule has 48 heavy (non-hydrogen) atoms. The zero-order valence-electron chi connectivity index (χ0n) is 28.5. The smallest absolute Gasteiger partial charge is 0.407 e. The van der Waals surface area contributed by atoms with Gasteiger partial charge in [0.15, 0.2) is 0 Å². The van der Waals surface area contributed by atoms with Crippen molar-refractivity contribution in [1.82, 2.24) is 14.8 Å². The summed E-state index contributed by atoms with van der Waals surface area (Å²) in [5, 5.41) is 13.8. The number of halogens is 2. The van der Waals surface area contributed by atoms with Gasteiger partial charge >= 0.3 is 12.1 Å². The number of likely N-dealkylation sites (tertiary alicyclic amines) is 1. The lowest BCUT2D eigenvalue weighted by molar-refractivity contribution is -0.155. The van der Waals surface area contributed by atoms with Gasteiger partial charge in [-0.3, -0.25) is 9.59 Å². The van der Waals surface area contributed by atoms with Gasteiger partial charge in [-0.1, -0.05) is 68.8 Å². The van der Waals surface area contributed by atoms with Crippen molar-refractivity contribution in [2.75, 3.05) is 6.67 Å². The van der Waals surface area contributed by atoms with Crippen molar-refractivity contribution in [2.24, 2.45) is 29.4 Å². The van der Waals surface area contributed by atoms with E-state index in [-0.39, 0.29) is 34.4 Å². The fraction of sp³-hybridized carbons (Fsp3) is 0.667. The van der Waals surface area contributed by atoms with Crippen LogP contribution in [0.15, 0.2) is 24.3 Å². The summed E-state index contributed by atoms with van der Waals surface area (Å²) >= 11 is 6.73. The molecule has 0 radical (unpaired) electrons. The second-order valence-corrected chi connectivity index (χ2v) is 15.3. The lowest BCUT2D eigenvalue weighted by Gasteiger charge is -2.46. The van der Waals surface area contributed by atoms with Gasteiger partial charge in [-0.25, -0.2) is 14.0 Å². The van der Waals surface area contributed by atoms with Crippen LogP contribution in [0, 0.1) is 23.7 Å². The SMILES string of the molecule is CC[C@@]1(C(N)=O)[C@H](C2CCCCC2)CC(n2c(C(=O)O)c(Cl)c3ccccc32)N1C(=O)C1CCC(C(CF)NC(=O)OC(C)(C)C)CC1. The first-order valence-corrected chi connectivity index (χ1v) is 17.8. The maximum atomic E-state index is 15.0. The van der Waals surface area contributed by atoms with Gasteiger partial charge in [0, 0.05) is 11.3 Å². The molecular weight excluding hydrogens is 639 g/mol. The highest BCUT2D eigenvalue weighted by Crippen LogP contribution is 2.55. The van der Waals surface area contributed by atoms with Crippen LogP contribution in [-0.4, -0.2) is 62.3 Å². The van der Waals surface area contributed by atoms with Crippen LogP contribution in [0.4, 0.5) is 9.18 Å². The monoisotopic (exact) mass is 688 g/mol. The number of hydrogen-bond acceptors (Lipinski definition) is 5. The normalized spacial score (nSPS) is 27.5. The number of nitrogens with one attached hydrogen (secondary N) is 1. The van der Waals surface area contributed by atoms with E-state index < -0.39 is 53.9 Å². The summed E-state index contributed by atoms with van der Waals surface area (Å²) in [6.45, 7) is 6.34. The van der Waals surface area contributed by atoms with Gasteiger partial charge in [0.2, 0.25) is 11.8 Å². The number of alkyl halides is 1. The fourth-order valence-corrected chi connectivity index (χ4v) is 9.33. The molecule has 2 aliphatic carbocycles. The molecule has 1 aliphatic heterocycles. The van der Waals surface area contributed by atoms with Crippen LogP contribution >= 0.6 is 11.6 Å². The molecule has 1 saturated heterocycles. The molecule has 3 amide bonds. The Kier molecular flexibility index (Phi) is 10.7. The molecule has 3 fully saturated rings. The average Bonchev–Trinajstić information content (AvgIpc) is 3.56. The third-order valence-corrected chi connectivity index (χ3v) is 11.5. The van der Waals surface area contributed by atoms with E-state index in [4.69, 9.17) is 22.1 Å². The molecule has 5 rings (SSSR count). The quantitative estimate of drug-likeness (QED) is 0.254. The van der Waals surface area contributed by atoms with Gasteiger partial charge in [-0.15, -0.1) is 0 Å². The molecule has 0 bridgehead atoms. The molecular formula is C36H50ClFN4O6. The summed E-state index contributed by atoms with van der Waals surface area (Å²) in [5.41, 5.74) is 4.75. The minimum Gasteiger partial charge on any atom is -0.477 e. The number of carbonyl (C=O) groups is 4. The minimum absolute atomic E-state index is 0.0862. The van der Waals surface area contributed by atoms with Gasteiger partial charge in [0.1, 0.15) is 29.7 Å². The number of carbonyl (C=O) groups excluding carboxylic acids is 3. The van der Waals surface area contributed by atoms with E-state index in [1.807, 2.05) is 6.92 Å². The number of amides is 3. The first-order valence-electron chi connectivity index (χ1n) is 17.4. The van der Waals surface area contributed by atoms with Crippen molar-refractivity contribution in [3.05, 3.63) is 35.0 Å². The number of carboxylic acids is 1. The van der Waals surface area contributed by atoms with Crippen LogP contribution in [0.5, 0.6) is 0 Å². The summed E-state index contributed by atoms with van der Waals surface area (Å²) in [7, 11) is 0. The number of para-hydroxylation sites is 1. The number of aromatic carboxylic acids is 1. The van der Waals surface area contributed by atoms with E-state index in [1.165, 1.54) is 0 Å². The molecule has 2 unspecified atom stereocenters. The number of aromatic nitrogens is 1. The maximum Gasteiger partial charge on any atom is 0.407 e. The number of ether oxygens (including phenoxy) is 1. The zero-order chi connectivity index (χ0) is 35.0. The number of carboxylic acid groups (broad SMARTS) is 1. The Hall–Kier alpha value is -3.34. The summed E-state index contributed by atoms with van der Waals surface area (Å²) in [6.07, 6.45) is 5.97. The van der Waals surface area contributed by atoms with E-state index in [0.29, 0.717) is 49.4 Å². The number of benzene rings is 1. The first-order chi connectivity index (χ1) is 22.7. The Labute approximate surface area is 286 Å². The van der Waals surface area contributed by atoms with E-state index in [0.717, 1.165) is 32.1 Å². The Bertz CT molecular complexity index is 1530.